The van der Waals surface area contributed by atoms with Gasteiger partial charge in [-0.15, -0.1) is 0 Å². The molecule has 0 bridgehead atoms. The Morgan fingerprint density at radius 1 is 1.00 bits per heavy atom. The summed E-state index contributed by atoms with van der Waals surface area (Å²) in [5, 5.41) is 10.4. The number of anilines is 2. The van der Waals surface area contributed by atoms with Crippen molar-refractivity contribution in [3.8, 4) is 0 Å². The summed E-state index contributed by atoms with van der Waals surface area (Å²) in [7, 11) is 0. The molecule has 3 N–H and O–H groups in total. The first kappa shape index (κ1) is 8.65. The van der Waals surface area contributed by atoms with E-state index >= 15 is 0 Å². The van der Waals surface area contributed by atoms with Crippen molar-refractivity contribution in [2.24, 2.45) is 0 Å². The molecule has 0 aromatic heterocycles. The molecule has 0 unspecified atom stereocenters. The molecule has 15 heavy (non-hydrogen) atoms. The highest BCUT2D eigenvalue weighted by Gasteiger charge is 2.16. The van der Waals surface area contributed by atoms with Gasteiger partial charge in [0, 0.05) is 13.1 Å². The van der Waals surface area contributed by atoms with E-state index in [9.17, 15) is 0 Å². The third-order valence-electron chi connectivity index (χ3n) is 2.99. The van der Waals surface area contributed by atoms with Gasteiger partial charge in [0.15, 0.2) is 0 Å². The molecule has 3 heteroatoms. The minimum Gasteiger partial charge on any atom is -0.379 e. The molecule has 0 saturated heterocycles. The van der Waals surface area contributed by atoms with Gasteiger partial charge in [-0.25, -0.2) is 0 Å². The van der Waals surface area contributed by atoms with Crippen molar-refractivity contribution in [3.63, 3.8) is 0 Å². The van der Waals surface area contributed by atoms with Crippen molar-refractivity contribution in [1.82, 2.24) is 5.32 Å². The topological polar surface area (TPSA) is 36.1 Å². The summed E-state index contributed by atoms with van der Waals surface area (Å²) in [4.78, 5) is 0. The van der Waals surface area contributed by atoms with Crippen LogP contribution in [-0.2, 0) is 0 Å². The molecule has 0 aliphatic carbocycles. The first-order valence-electron chi connectivity index (χ1n) is 5.49. The summed E-state index contributed by atoms with van der Waals surface area (Å²) in [5.41, 5.74) is 3.81. The molecule has 0 atom stereocenters. The molecule has 0 fully saturated rings. The Morgan fingerprint density at radius 2 is 1.87 bits per heavy atom. The fourth-order valence-corrected chi connectivity index (χ4v) is 2.16. The molecular weight excluding hydrogens is 186 g/mol. The molecule has 0 spiro atoms. The minimum atomic E-state index is 0.951. The zero-order chi connectivity index (χ0) is 10.1. The lowest BCUT2D eigenvalue weighted by Gasteiger charge is -2.20. The van der Waals surface area contributed by atoms with E-state index < -0.39 is 0 Å². The van der Waals surface area contributed by atoms with Crippen molar-refractivity contribution in [2.45, 2.75) is 12.8 Å². The van der Waals surface area contributed by atoms with E-state index in [0.717, 1.165) is 18.8 Å². The fourth-order valence-electron chi connectivity index (χ4n) is 2.16. The van der Waals surface area contributed by atoms with E-state index in [1.54, 1.807) is 0 Å². The van der Waals surface area contributed by atoms with Crippen molar-refractivity contribution in [2.75, 3.05) is 23.7 Å². The molecule has 2 aliphatic heterocycles. The molecule has 78 valence electrons. The van der Waals surface area contributed by atoms with Crippen LogP contribution in [0.5, 0.6) is 0 Å². The highest BCUT2D eigenvalue weighted by molar-refractivity contribution is 5.72. The first-order chi connectivity index (χ1) is 7.43. The predicted octanol–water partition coefficient (Wildman–Crippen LogP) is 2.12. The molecular formula is C12H15N3. The van der Waals surface area contributed by atoms with Crippen LogP contribution >= 0.6 is 0 Å². The molecule has 1 aromatic carbocycles. The Bertz CT molecular complexity index is 409. The lowest BCUT2D eigenvalue weighted by Crippen LogP contribution is -2.27. The van der Waals surface area contributed by atoms with Gasteiger partial charge >= 0.3 is 0 Å². The standard InChI is InChI=1S/C12H15N3/c1-2-6-11-10(5-1)14-8-9-4-3-7-13-12(9)15-11/h1-2,5-6,13-15H,3-4,7-8H2. The number of para-hydroxylation sites is 2. The van der Waals surface area contributed by atoms with Gasteiger partial charge in [-0.1, -0.05) is 12.1 Å². The summed E-state index contributed by atoms with van der Waals surface area (Å²) in [6.45, 7) is 2.03. The van der Waals surface area contributed by atoms with E-state index in [1.807, 2.05) is 0 Å². The molecule has 0 amide bonds. The molecule has 3 nitrogen and oxygen atoms in total. The van der Waals surface area contributed by atoms with Gasteiger partial charge in [0.05, 0.1) is 11.4 Å². The summed E-state index contributed by atoms with van der Waals surface area (Å²) < 4.78 is 0. The van der Waals surface area contributed by atoms with Crippen molar-refractivity contribution < 1.29 is 0 Å². The molecule has 0 radical (unpaired) electrons. The molecule has 0 saturated carbocycles. The number of hydrogen-bond acceptors (Lipinski definition) is 3. The van der Waals surface area contributed by atoms with Crippen LogP contribution in [-0.4, -0.2) is 13.1 Å². The van der Waals surface area contributed by atoms with Crippen molar-refractivity contribution >= 4 is 11.4 Å². The summed E-state index contributed by atoms with van der Waals surface area (Å²) >= 11 is 0. The Labute approximate surface area is 89.6 Å². The number of benzene rings is 1. The summed E-state index contributed by atoms with van der Waals surface area (Å²) in [5.74, 6) is 1.21. The van der Waals surface area contributed by atoms with Gasteiger partial charge in [0.1, 0.15) is 5.82 Å². The molecule has 2 heterocycles. The average molecular weight is 201 g/mol. The van der Waals surface area contributed by atoms with Crippen LogP contribution in [0.4, 0.5) is 11.4 Å². The number of fused-ring (bicyclic) bond motifs is 1. The van der Waals surface area contributed by atoms with E-state index in [2.05, 4.69) is 40.2 Å². The SMILES string of the molecule is c1ccc2c(c1)NCC1=C(NCCC1)N2. The number of nitrogens with one attached hydrogen (secondary N) is 3. The largest absolute Gasteiger partial charge is 0.379 e. The zero-order valence-corrected chi connectivity index (χ0v) is 8.64. The van der Waals surface area contributed by atoms with Crippen LogP contribution in [0.3, 0.4) is 0 Å². The maximum atomic E-state index is 3.47. The smallest absolute Gasteiger partial charge is 0.104 e. The number of rotatable bonds is 0. The second-order valence-electron chi connectivity index (χ2n) is 4.03. The Hall–Kier alpha value is -1.64. The highest BCUT2D eigenvalue weighted by atomic mass is 15.1. The van der Waals surface area contributed by atoms with Gasteiger partial charge in [-0.2, -0.15) is 0 Å². The van der Waals surface area contributed by atoms with Gasteiger partial charge in [0.2, 0.25) is 0 Å². The van der Waals surface area contributed by atoms with Crippen LogP contribution in [0.25, 0.3) is 0 Å². The van der Waals surface area contributed by atoms with E-state index in [-0.39, 0.29) is 0 Å². The maximum Gasteiger partial charge on any atom is 0.104 e. The highest BCUT2D eigenvalue weighted by Crippen LogP contribution is 2.28. The van der Waals surface area contributed by atoms with Gasteiger partial charge < -0.3 is 16.0 Å². The first-order valence-corrected chi connectivity index (χ1v) is 5.49. The fraction of sp³-hybridized carbons (Fsp3) is 0.333. The maximum absolute atomic E-state index is 3.47. The zero-order valence-electron chi connectivity index (χ0n) is 8.64. The Kier molecular flexibility index (Phi) is 2.02. The van der Waals surface area contributed by atoms with E-state index in [4.69, 9.17) is 0 Å². The second-order valence-corrected chi connectivity index (χ2v) is 4.03. The Morgan fingerprint density at radius 3 is 2.80 bits per heavy atom. The third kappa shape index (κ3) is 1.54. The Balaban J connectivity index is 1.97. The van der Waals surface area contributed by atoms with E-state index in [1.165, 1.54) is 29.9 Å². The number of hydrogen-bond donors (Lipinski definition) is 3. The van der Waals surface area contributed by atoms with Gasteiger partial charge in [-0.05, 0) is 30.5 Å². The quantitative estimate of drug-likeness (QED) is 0.601. The normalized spacial score (nSPS) is 18.9. The van der Waals surface area contributed by atoms with Crippen LogP contribution in [0.15, 0.2) is 35.7 Å². The second kappa shape index (κ2) is 3.50. The van der Waals surface area contributed by atoms with Gasteiger partial charge in [-0.3, -0.25) is 0 Å². The van der Waals surface area contributed by atoms with Crippen LogP contribution in [0.2, 0.25) is 0 Å². The van der Waals surface area contributed by atoms with Crippen LogP contribution in [0.1, 0.15) is 12.8 Å². The van der Waals surface area contributed by atoms with Crippen molar-refractivity contribution in [3.05, 3.63) is 35.7 Å². The summed E-state index contributed by atoms with van der Waals surface area (Å²) in [6.07, 6.45) is 2.43. The van der Waals surface area contributed by atoms with Crippen LogP contribution in [0, 0.1) is 0 Å². The van der Waals surface area contributed by atoms with Gasteiger partial charge in [0.25, 0.3) is 0 Å². The molecule has 3 rings (SSSR count). The lowest BCUT2D eigenvalue weighted by atomic mass is 10.1. The van der Waals surface area contributed by atoms with Crippen molar-refractivity contribution in [1.29, 1.82) is 0 Å². The lowest BCUT2D eigenvalue weighted by molar-refractivity contribution is 0.661. The third-order valence-corrected chi connectivity index (χ3v) is 2.99. The molecule has 1 aromatic rings. The van der Waals surface area contributed by atoms with Crippen LogP contribution < -0.4 is 16.0 Å². The monoisotopic (exact) mass is 201 g/mol. The van der Waals surface area contributed by atoms with E-state index in [0.29, 0.717) is 0 Å². The average Bonchev–Trinajstić information content (AvgIpc) is 2.48. The minimum absolute atomic E-state index is 0.951. The molecule has 2 aliphatic rings. The summed E-state index contributed by atoms with van der Waals surface area (Å²) in [6, 6.07) is 8.34. The predicted molar refractivity (Wildman–Crippen MR) is 62.8 cm³/mol.